The third-order valence-corrected chi connectivity index (χ3v) is 3.80. The smallest absolute Gasteiger partial charge is 0.0594 e. The number of hydrogen-bond acceptors (Lipinski definition) is 3. The predicted octanol–water partition coefficient (Wildman–Crippen LogP) is 1.88. The lowest BCUT2D eigenvalue weighted by Crippen LogP contribution is -2.60. The van der Waals surface area contributed by atoms with E-state index in [-0.39, 0.29) is 5.54 Å². The molecular weight excluding hydrogens is 224 g/mol. The Labute approximate surface area is 112 Å². The van der Waals surface area contributed by atoms with Crippen molar-refractivity contribution in [3.05, 3.63) is 0 Å². The molecule has 1 rings (SSSR count). The van der Waals surface area contributed by atoms with E-state index in [0.717, 1.165) is 45.7 Å². The molecule has 0 aromatic rings. The van der Waals surface area contributed by atoms with E-state index in [1.807, 2.05) is 6.92 Å². The van der Waals surface area contributed by atoms with Crippen molar-refractivity contribution in [2.24, 2.45) is 0 Å². The summed E-state index contributed by atoms with van der Waals surface area (Å²) in [6.07, 6.45) is 2.08. The quantitative estimate of drug-likeness (QED) is 0.731. The molecule has 1 atom stereocenters. The average Bonchev–Trinajstić information content (AvgIpc) is 2.39. The van der Waals surface area contributed by atoms with Crippen LogP contribution in [-0.2, 0) is 4.74 Å². The minimum Gasteiger partial charge on any atom is -0.379 e. The Hall–Kier alpha value is -0.560. The van der Waals surface area contributed by atoms with E-state index in [0.29, 0.717) is 6.04 Å². The molecule has 104 valence electrons. The summed E-state index contributed by atoms with van der Waals surface area (Å²) < 4.78 is 5.45. The Balaban J connectivity index is 2.67. The highest BCUT2D eigenvalue weighted by atomic mass is 16.5. The molecule has 0 radical (unpaired) electrons. The van der Waals surface area contributed by atoms with Gasteiger partial charge in [0.05, 0.1) is 13.2 Å². The zero-order valence-electron chi connectivity index (χ0n) is 12.4. The van der Waals surface area contributed by atoms with E-state index >= 15 is 0 Å². The van der Waals surface area contributed by atoms with Crippen LogP contribution in [0.5, 0.6) is 0 Å². The van der Waals surface area contributed by atoms with E-state index in [9.17, 15) is 0 Å². The lowest BCUT2D eigenvalue weighted by atomic mass is 9.89. The number of hydrogen-bond donors (Lipinski definition) is 1. The molecule has 1 fully saturated rings. The molecule has 1 aliphatic rings. The first-order valence-corrected chi connectivity index (χ1v) is 7.08. The number of ether oxygens (including phenoxy) is 1. The number of morpholine rings is 1. The van der Waals surface area contributed by atoms with Gasteiger partial charge in [0.1, 0.15) is 0 Å². The fourth-order valence-corrected chi connectivity index (χ4v) is 2.45. The van der Waals surface area contributed by atoms with Crippen LogP contribution >= 0.6 is 0 Å². The molecule has 18 heavy (non-hydrogen) atoms. The molecule has 3 nitrogen and oxygen atoms in total. The summed E-state index contributed by atoms with van der Waals surface area (Å²) in [5, 5.41) is 3.66. The van der Waals surface area contributed by atoms with Crippen molar-refractivity contribution < 1.29 is 4.74 Å². The number of nitrogens with zero attached hydrogens (tertiary/aromatic N) is 1. The molecule has 0 aliphatic carbocycles. The molecule has 1 heterocycles. The van der Waals surface area contributed by atoms with Gasteiger partial charge in [0.15, 0.2) is 0 Å². The van der Waals surface area contributed by atoms with Gasteiger partial charge < -0.3 is 10.1 Å². The molecule has 0 bridgehead atoms. The normalized spacial score (nSPS) is 19.1. The first-order valence-electron chi connectivity index (χ1n) is 7.08. The van der Waals surface area contributed by atoms with Crippen LogP contribution in [0.15, 0.2) is 0 Å². The molecule has 3 heteroatoms. The van der Waals surface area contributed by atoms with Crippen LogP contribution in [-0.4, -0.2) is 49.3 Å². The fourth-order valence-electron chi connectivity index (χ4n) is 2.45. The van der Waals surface area contributed by atoms with Gasteiger partial charge in [-0.05, 0) is 33.7 Å². The molecule has 1 unspecified atom stereocenters. The van der Waals surface area contributed by atoms with Crippen molar-refractivity contribution in [2.75, 3.05) is 32.8 Å². The van der Waals surface area contributed by atoms with Crippen molar-refractivity contribution >= 4 is 0 Å². The third kappa shape index (κ3) is 4.28. The minimum atomic E-state index is 0.128. The van der Waals surface area contributed by atoms with E-state index in [4.69, 9.17) is 4.74 Å². The Morgan fingerprint density at radius 3 is 2.56 bits per heavy atom. The zero-order chi connectivity index (χ0) is 13.4. The summed E-state index contributed by atoms with van der Waals surface area (Å²) in [6.45, 7) is 13.6. The van der Waals surface area contributed by atoms with Gasteiger partial charge in [0.25, 0.3) is 0 Å². The molecule has 0 amide bonds. The van der Waals surface area contributed by atoms with Crippen LogP contribution < -0.4 is 5.32 Å². The van der Waals surface area contributed by atoms with Gasteiger partial charge >= 0.3 is 0 Å². The van der Waals surface area contributed by atoms with Gasteiger partial charge in [-0.2, -0.15) is 0 Å². The summed E-state index contributed by atoms with van der Waals surface area (Å²) in [5.74, 6) is 6.25. The van der Waals surface area contributed by atoms with Crippen molar-refractivity contribution in [1.82, 2.24) is 10.2 Å². The second-order valence-corrected chi connectivity index (χ2v) is 5.39. The minimum absolute atomic E-state index is 0.128. The molecule has 0 saturated carbocycles. The van der Waals surface area contributed by atoms with Crippen molar-refractivity contribution in [1.29, 1.82) is 0 Å². The lowest BCUT2D eigenvalue weighted by molar-refractivity contribution is -0.0226. The van der Waals surface area contributed by atoms with Crippen LogP contribution in [0.1, 0.15) is 40.5 Å². The van der Waals surface area contributed by atoms with Crippen LogP contribution in [0.4, 0.5) is 0 Å². The van der Waals surface area contributed by atoms with E-state index < -0.39 is 0 Å². The third-order valence-electron chi connectivity index (χ3n) is 3.80. The maximum atomic E-state index is 5.45. The maximum absolute atomic E-state index is 5.45. The van der Waals surface area contributed by atoms with Gasteiger partial charge in [-0.3, -0.25) is 4.90 Å². The standard InChI is InChI=1S/C15H28N2O/c1-5-7-8-14(16-9-6-2)15(3,4)17-10-12-18-13-11-17/h14,16H,6,8-13H2,1-4H3. The van der Waals surface area contributed by atoms with Crippen molar-refractivity contribution in [2.45, 2.75) is 52.1 Å². The molecule has 0 aromatic carbocycles. The Morgan fingerprint density at radius 2 is 2.00 bits per heavy atom. The van der Waals surface area contributed by atoms with Crippen LogP contribution in [0.25, 0.3) is 0 Å². The summed E-state index contributed by atoms with van der Waals surface area (Å²) >= 11 is 0. The Kier molecular flexibility index (Phi) is 6.70. The summed E-state index contributed by atoms with van der Waals surface area (Å²) in [6, 6.07) is 0.419. The fraction of sp³-hybridized carbons (Fsp3) is 0.867. The second-order valence-electron chi connectivity index (χ2n) is 5.39. The zero-order valence-corrected chi connectivity index (χ0v) is 12.4. The van der Waals surface area contributed by atoms with E-state index in [1.165, 1.54) is 0 Å². The predicted molar refractivity (Wildman–Crippen MR) is 76.6 cm³/mol. The molecule has 1 saturated heterocycles. The lowest BCUT2D eigenvalue weighted by Gasteiger charge is -2.45. The molecule has 0 spiro atoms. The van der Waals surface area contributed by atoms with Crippen LogP contribution in [0, 0.1) is 11.8 Å². The van der Waals surface area contributed by atoms with Crippen LogP contribution in [0.2, 0.25) is 0 Å². The largest absolute Gasteiger partial charge is 0.379 e. The monoisotopic (exact) mass is 252 g/mol. The maximum Gasteiger partial charge on any atom is 0.0594 e. The van der Waals surface area contributed by atoms with Gasteiger partial charge in [0, 0.05) is 31.1 Å². The van der Waals surface area contributed by atoms with Crippen molar-refractivity contribution in [3.63, 3.8) is 0 Å². The number of rotatable bonds is 6. The van der Waals surface area contributed by atoms with Gasteiger partial charge in [0.2, 0.25) is 0 Å². The highest BCUT2D eigenvalue weighted by Gasteiger charge is 2.35. The van der Waals surface area contributed by atoms with E-state index in [2.05, 4.69) is 42.8 Å². The second kappa shape index (κ2) is 7.78. The van der Waals surface area contributed by atoms with Gasteiger partial charge in [-0.15, -0.1) is 11.8 Å². The van der Waals surface area contributed by atoms with Gasteiger partial charge in [-0.25, -0.2) is 0 Å². The van der Waals surface area contributed by atoms with Gasteiger partial charge in [-0.1, -0.05) is 6.92 Å². The SMILES string of the molecule is CC#CCC(NCCC)C(C)(C)N1CCOCC1. The Morgan fingerprint density at radius 1 is 1.33 bits per heavy atom. The summed E-state index contributed by atoms with van der Waals surface area (Å²) in [7, 11) is 0. The molecular formula is C15H28N2O. The topological polar surface area (TPSA) is 24.5 Å². The number of nitrogens with one attached hydrogen (secondary N) is 1. The van der Waals surface area contributed by atoms with Crippen molar-refractivity contribution in [3.8, 4) is 11.8 Å². The first-order chi connectivity index (χ1) is 8.62. The molecule has 1 N–H and O–H groups in total. The van der Waals surface area contributed by atoms with Crippen LogP contribution in [0.3, 0.4) is 0 Å². The summed E-state index contributed by atoms with van der Waals surface area (Å²) in [4.78, 5) is 2.53. The highest BCUT2D eigenvalue weighted by Crippen LogP contribution is 2.22. The highest BCUT2D eigenvalue weighted by molar-refractivity contribution is 5.04. The summed E-state index contributed by atoms with van der Waals surface area (Å²) in [5.41, 5.74) is 0.128. The average molecular weight is 252 g/mol. The molecule has 0 aromatic heterocycles. The molecule has 1 aliphatic heterocycles. The first kappa shape index (κ1) is 15.5. The Bertz CT molecular complexity index is 285. The van der Waals surface area contributed by atoms with E-state index in [1.54, 1.807) is 0 Å².